The van der Waals surface area contributed by atoms with Crippen LogP contribution in [0.5, 0.6) is 0 Å². The number of allylic oxidation sites excluding steroid dienone is 1. The monoisotopic (exact) mass is 152 g/mol. The van der Waals surface area contributed by atoms with Crippen molar-refractivity contribution in [3.63, 3.8) is 0 Å². The van der Waals surface area contributed by atoms with Crippen LogP contribution in [0, 0.1) is 5.92 Å². The third kappa shape index (κ3) is 2.19. The van der Waals surface area contributed by atoms with Crippen LogP contribution in [0.3, 0.4) is 0 Å². The van der Waals surface area contributed by atoms with Crippen molar-refractivity contribution < 1.29 is 5.11 Å². The Kier molecular flexibility index (Phi) is 2.89. The van der Waals surface area contributed by atoms with Crippen LogP contribution in [0.15, 0.2) is 24.3 Å². The summed E-state index contributed by atoms with van der Waals surface area (Å²) in [6.07, 6.45) is 6.96. The van der Waals surface area contributed by atoms with Crippen molar-refractivity contribution >= 4 is 0 Å². The zero-order valence-electron chi connectivity index (χ0n) is 7.09. The first-order valence-corrected chi connectivity index (χ1v) is 4.22. The van der Waals surface area contributed by atoms with E-state index in [1.165, 1.54) is 18.4 Å². The lowest BCUT2D eigenvalue weighted by Crippen LogP contribution is -2.18. The second kappa shape index (κ2) is 3.72. The summed E-state index contributed by atoms with van der Waals surface area (Å²) in [5.41, 5.74) is 1.40. The summed E-state index contributed by atoms with van der Waals surface area (Å²) < 4.78 is 0. The number of aliphatic hydroxyl groups excluding tert-OH is 1. The van der Waals surface area contributed by atoms with E-state index in [0.717, 1.165) is 6.42 Å². The predicted octanol–water partition coefficient (Wildman–Crippen LogP) is 2.28. The third-order valence-electron chi connectivity index (χ3n) is 2.29. The van der Waals surface area contributed by atoms with Gasteiger partial charge >= 0.3 is 0 Å². The molecule has 0 saturated carbocycles. The molecule has 0 radical (unpaired) electrons. The molecule has 0 bridgehead atoms. The molecule has 0 aromatic heterocycles. The lowest BCUT2D eigenvalue weighted by atomic mass is 9.87. The van der Waals surface area contributed by atoms with E-state index in [1.54, 1.807) is 6.08 Å². The first kappa shape index (κ1) is 8.54. The largest absolute Gasteiger partial charge is 0.388 e. The Morgan fingerprint density at radius 3 is 3.09 bits per heavy atom. The van der Waals surface area contributed by atoms with E-state index in [-0.39, 0.29) is 6.10 Å². The maximum atomic E-state index is 9.44. The van der Waals surface area contributed by atoms with Crippen molar-refractivity contribution in [3.05, 3.63) is 24.3 Å². The first-order chi connectivity index (χ1) is 5.24. The van der Waals surface area contributed by atoms with Gasteiger partial charge in [0.25, 0.3) is 0 Å². The summed E-state index contributed by atoms with van der Waals surface area (Å²) in [5, 5.41) is 9.44. The van der Waals surface area contributed by atoms with Crippen LogP contribution in [0.2, 0.25) is 0 Å². The van der Waals surface area contributed by atoms with Crippen LogP contribution >= 0.6 is 0 Å². The average Bonchev–Trinajstić information content (AvgIpc) is 2.03. The molecule has 0 heterocycles. The van der Waals surface area contributed by atoms with Gasteiger partial charge in [0.15, 0.2) is 0 Å². The number of hydrogen-bond acceptors (Lipinski definition) is 1. The van der Waals surface area contributed by atoms with Gasteiger partial charge in [0.05, 0.1) is 6.10 Å². The topological polar surface area (TPSA) is 20.2 Å². The molecule has 0 fully saturated rings. The molecule has 0 unspecified atom stereocenters. The highest BCUT2D eigenvalue weighted by atomic mass is 16.3. The summed E-state index contributed by atoms with van der Waals surface area (Å²) in [7, 11) is 0. The number of hydrogen-bond donors (Lipinski definition) is 1. The minimum absolute atomic E-state index is 0.321. The maximum absolute atomic E-state index is 9.44. The molecular weight excluding hydrogens is 136 g/mol. The highest BCUT2D eigenvalue weighted by Crippen LogP contribution is 2.25. The Labute approximate surface area is 68.4 Å². The maximum Gasteiger partial charge on any atom is 0.0780 e. The summed E-state index contributed by atoms with van der Waals surface area (Å²) >= 11 is 0. The highest BCUT2D eigenvalue weighted by molar-refractivity contribution is 5.08. The first-order valence-electron chi connectivity index (χ1n) is 4.22. The summed E-state index contributed by atoms with van der Waals surface area (Å²) in [5.74, 6) is 0.321. The van der Waals surface area contributed by atoms with E-state index in [9.17, 15) is 5.11 Å². The lowest BCUT2D eigenvalue weighted by Gasteiger charge is -2.21. The van der Waals surface area contributed by atoms with Crippen LogP contribution in [-0.4, -0.2) is 11.2 Å². The zero-order chi connectivity index (χ0) is 8.27. The van der Waals surface area contributed by atoms with E-state index >= 15 is 0 Å². The van der Waals surface area contributed by atoms with Gasteiger partial charge in [0.2, 0.25) is 0 Å². The molecule has 1 N–H and O–H groups in total. The van der Waals surface area contributed by atoms with Crippen molar-refractivity contribution in [1.82, 2.24) is 0 Å². The molecule has 2 atom stereocenters. The molecule has 0 aromatic rings. The van der Waals surface area contributed by atoms with Crippen molar-refractivity contribution in [2.75, 3.05) is 0 Å². The van der Waals surface area contributed by atoms with Gasteiger partial charge < -0.3 is 5.11 Å². The van der Waals surface area contributed by atoms with Crippen molar-refractivity contribution in [2.45, 2.75) is 32.3 Å². The summed E-state index contributed by atoms with van der Waals surface area (Å²) in [6.45, 7) is 5.71. The summed E-state index contributed by atoms with van der Waals surface area (Å²) in [6, 6.07) is 0. The van der Waals surface area contributed by atoms with Gasteiger partial charge in [-0.15, -0.1) is 6.58 Å². The smallest absolute Gasteiger partial charge is 0.0780 e. The molecule has 1 heteroatoms. The molecular formula is C10H16O. The lowest BCUT2D eigenvalue weighted by molar-refractivity contribution is 0.167. The molecule has 1 aliphatic rings. The van der Waals surface area contributed by atoms with Gasteiger partial charge in [-0.1, -0.05) is 17.7 Å². The Morgan fingerprint density at radius 2 is 2.55 bits per heavy atom. The minimum atomic E-state index is -0.342. The van der Waals surface area contributed by atoms with Crippen molar-refractivity contribution in [1.29, 1.82) is 0 Å². The van der Waals surface area contributed by atoms with Gasteiger partial charge in [-0.2, -0.15) is 0 Å². The molecule has 0 amide bonds. The Morgan fingerprint density at radius 1 is 1.82 bits per heavy atom. The fraction of sp³-hybridized carbons (Fsp3) is 0.600. The van der Waals surface area contributed by atoms with E-state index in [0.29, 0.717) is 5.92 Å². The van der Waals surface area contributed by atoms with Gasteiger partial charge in [-0.05, 0) is 26.2 Å². The fourth-order valence-corrected chi connectivity index (χ4v) is 1.59. The van der Waals surface area contributed by atoms with Gasteiger partial charge in [-0.25, -0.2) is 0 Å². The van der Waals surface area contributed by atoms with Crippen LogP contribution in [0.25, 0.3) is 0 Å². The SMILES string of the molecule is C=C[C@@H](O)[C@@H]1C=C(C)CCC1. The molecule has 62 valence electrons. The fourth-order valence-electron chi connectivity index (χ4n) is 1.59. The van der Waals surface area contributed by atoms with Gasteiger partial charge in [-0.3, -0.25) is 0 Å². The van der Waals surface area contributed by atoms with Crippen LogP contribution in [-0.2, 0) is 0 Å². The van der Waals surface area contributed by atoms with Crippen molar-refractivity contribution in [2.24, 2.45) is 5.92 Å². The average molecular weight is 152 g/mol. The molecule has 0 saturated heterocycles. The van der Waals surface area contributed by atoms with Crippen LogP contribution in [0.4, 0.5) is 0 Å². The number of rotatable bonds is 2. The third-order valence-corrected chi connectivity index (χ3v) is 2.29. The van der Waals surface area contributed by atoms with E-state index in [4.69, 9.17) is 0 Å². The Hall–Kier alpha value is -0.560. The molecule has 1 rings (SSSR count). The summed E-state index contributed by atoms with van der Waals surface area (Å²) in [4.78, 5) is 0. The molecule has 0 aromatic carbocycles. The number of aliphatic hydroxyl groups is 1. The molecule has 0 aliphatic heterocycles. The van der Waals surface area contributed by atoms with Crippen LogP contribution in [0.1, 0.15) is 26.2 Å². The quantitative estimate of drug-likeness (QED) is 0.602. The van der Waals surface area contributed by atoms with E-state index in [2.05, 4.69) is 19.6 Å². The Bertz CT molecular complexity index is 170. The zero-order valence-corrected chi connectivity index (χ0v) is 7.09. The molecule has 11 heavy (non-hydrogen) atoms. The second-order valence-corrected chi connectivity index (χ2v) is 3.30. The molecule has 1 aliphatic carbocycles. The minimum Gasteiger partial charge on any atom is -0.388 e. The second-order valence-electron chi connectivity index (χ2n) is 3.30. The van der Waals surface area contributed by atoms with Crippen molar-refractivity contribution in [3.8, 4) is 0 Å². The predicted molar refractivity (Wildman–Crippen MR) is 47.3 cm³/mol. The Balaban J connectivity index is 2.58. The molecule has 0 spiro atoms. The van der Waals surface area contributed by atoms with E-state index in [1.807, 2.05) is 0 Å². The van der Waals surface area contributed by atoms with E-state index < -0.39 is 0 Å². The normalized spacial score (nSPS) is 27.5. The standard InChI is InChI=1S/C10H16O/c1-3-10(11)9-6-4-5-8(2)7-9/h3,7,9-11H,1,4-6H2,2H3/t9-,10+/m0/s1. The highest BCUT2D eigenvalue weighted by Gasteiger charge is 2.16. The molecule has 1 nitrogen and oxygen atoms in total. The van der Waals surface area contributed by atoms with Gasteiger partial charge in [0, 0.05) is 5.92 Å². The van der Waals surface area contributed by atoms with Crippen LogP contribution < -0.4 is 0 Å². The van der Waals surface area contributed by atoms with Gasteiger partial charge in [0.1, 0.15) is 0 Å².